The normalized spacial score (nSPS) is 19.4. The first-order valence-corrected chi connectivity index (χ1v) is 5.85. The third kappa shape index (κ3) is 2.67. The number of rotatable bonds is 2. The predicted octanol–water partition coefficient (Wildman–Crippen LogP) is 0.521. The average molecular weight is 212 g/mol. The number of nitrogens with two attached hydrogens (primary N) is 1. The van der Waals surface area contributed by atoms with Crippen LogP contribution < -0.4 is 11.1 Å². The Kier molecular flexibility index (Phi) is 3.34. The lowest BCUT2D eigenvalue weighted by Crippen LogP contribution is -2.27. The minimum atomic E-state index is 0.674. The summed E-state index contributed by atoms with van der Waals surface area (Å²) in [5.74, 6) is 0. The van der Waals surface area contributed by atoms with Gasteiger partial charge in [-0.15, -0.1) is 11.3 Å². The molecule has 0 bridgehead atoms. The van der Waals surface area contributed by atoms with E-state index < -0.39 is 0 Å². The fourth-order valence-corrected chi connectivity index (χ4v) is 2.24. The Morgan fingerprint density at radius 3 is 3.21 bits per heavy atom. The van der Waals surface area contributed by atoms with Gasteiger partial charge in [0.1, 0.15) is 0 Å². The molecule has 2 rings (SSSR count). The molecule has 0 spiro atoms. The molecule has 5 heteroatoms. The maximum atomic E-state index is 5.59. The quantitative estimate of drug-likeness (QED) is 0.750. The lowest BCUT2D eigenvalue weighted by molar-refractivity contribution is 0.282. The molecular weight excluding hydrogens is 196 g/mol. The van der Waals surface area contributed by atoms with Crippen LogP contribution in [0.4, 0.5) is 5.13 Å². The second-order valence-corrected chi connectivity index (χ2v) is 4.45. The number of nitrogens with one attached hydrogen (secondary N) is 1. The molecule has 4 nitrogen and oxygen atoms in total. The summed E-state index contributed by atoms with van der Waals surface area (Å²) in [5.41, 5.74) is 6.70. The highest BCUT2D eigenvalue weighted by Crippen LogP contribution is 2.13. The summed E-state index contributed by atoms with van der Waals surface area (Å²) in [4.78, 5) is 6.69. The maximum Gasteiger partial charge on any atom is 0.180 e. The molecule has 1 saturated heterocycles. The number of nitrogens with zero attached hydrogens (tertiary/aromatic N) is 2. The molecule has 3 N–H and O–H groups in total. The van der Waals surface area contributed by atoms with E-state index >= 15 is 0 Å². The fraction of sp³-hybridized carbons (Fsp3) is 0.667. The summed E-state index contributed by atoms with van der Waals surface area (Å²) < 4.78 is 0. The molecular formula is C9H16N4S. The number of nitrogen functional groups attached to an aromatic ring is 1. The van der Waals surface area contributed by atoms with Gasteiger partial charge in [0.2, 0.25) is 0 Å². The van der Waals surface area contributed by atoms with Crippen molar-refractivity contribution in [3.05, 3.63) is 11.1 Å². The number of hydrogen-bond donors (Lipinski definition) is 2. The van der Waals surface area contributed by atoms with Crippen molar-refractivity contribution in [1.82, 2.24) is 15.2 Å². The fourth-order valence-electron chi connectivity index (χ4n) is 1.68. The van der Waals surface area contributed by atoms with Crippen LogP contribution in [-0.2, 0) is 6.54 Å². The summed E-state index contributed by atoms with van der Waals surface area (Å²) in [7, 11) is 0. The van der Waals surface area contributed by atoms with E-state index in [1.165, 1.54) is 17.8 Å². The number of anilines is 1. The van der Waals surface area contributed by atoms with E-state index in [9.17, 15) is 0 Å². The van der Waals surface area contributed by atoms with Gasteiger partial charge in [0.05, 0.1) is 5.69 Å². The van der Waals surface area contributed by atoms with Gasteiger partial charge in [0, 0.05) is 25.0 Å². The summed E-state index contributed by atoms with van der Waals surface area (Å²) in [6.45, 7) is 5.42. The minimum absolute atomic E-state index is 0.674. The smallest absolute Gasteiger partial charge is 0.180 e. The minimum Gasteiger partial charge on any atom is -0.375 e. The van der Waals surface area contributed by atoms with Gasteiger partial charge in [0.25, 0.3) is 0 Å². The molecule has 1 aliphatic heterocycles. The zero-order chi connectivity index (χ0) is 9.80. The molecule has 2 heterocycles. The van der Waals surface area contributed by atoms with E-state index in [0.29, 0.717) is 5.13 Å². The molecule has 1 fully saturated rings. The lowest BCUT2D eigenvalue weighted by Gasteiger charge is -2.17. The molecule has 0 aromatic carbocycles. The number of hydrogen-bond acceptors (Lipinski definition) is 5. The maximum absolute atomic E-state index is 5.59. The Hall–Kier alpha value is -0.650. The Labute approximate surface area is 88.1 Å². The third-order valence-electron chi connectivity index (χ3n) is 2.39. The Balaban J connectivity index is 1.89. The SMILES string of the molecule is Nc1nc(CN2CCCNCC2)cs1. The van der Waals surface area contributed by atoms with Gasteiger partial charge >= 0.3 is 0 Å². The van der Waals surface area contributed by atoms with Crippen LogP contribution in [0.2, 0.25) is 0 Å². The highest BCUT2D eigenvalue weighted by atomic mass is 32.1. The van der Waals surface area contributed by atoms with Gasteiger partial charge in [-0.2, -0.15) is 0 Å². The largest absolute Gasteiger partial charge is 0.375 e. The van der Waals surface area contributed by atoms with E-state index in [1.807, 2.05) is 5.38 Å². The van der Waals surface area contributed by atoms with Crippen molar-refractivity contribution in [2.45, 2.75) is 13.0 Å². The zero-order valence-corrected chi connectivity index (χ0v) is 9.02. The molecule has 1 aromatic heterocycles. The van der Waals surface area contributed by atoms with Crippen LogP contribution in [0.1, 0.15) is 12.1 Å². The van der Waals surface area contributed by atoms with Crippen LogP contribution >= 0.6 is 11.3 Å². The predicted molar refractivity (Wildman–Crippen MR) is 59.3 cm³/mol. The van der Waals surface area contributed by atoms with Crippen LogP contribution in [0.3, 0.4) is 0 Å². The summed E-state index contributed by atoms with van der Waals surface area (Å²) in [6, 6.07) is 0. The zero-order valence-electron chi connectivity index (χ0n) is 8.20. The number of thiazole rings is 1. The van der Waals surface area contributed by atoms with E-state index in [1.54, 1.807) is 0 Å². The first-order chi connectivity index (χ1) is 6.84. The van der Waals surface area contributed by atoms with Crippen LogP contribution in [0.15, 0.2) is 5.38 Å². The highest BCUT2D eigenvalue weighted by Gasteiger charge is 2.10. The summed E-state index contributed by atoms with van der Waals surface area (Å²) in [6.07, 6.45) is 1.22. The van der Waals surface area contributed by atoms with Crippen molar-refractivity contribution in [3.8, 4) is 0 Å². The van der Waals surface area contributed by atoms with Crippen molar-refractivity contribution in [2.75, 3.05) is 31.9 Å². The van der Waals surface area contributed by atoms with E-state index in [-0.39, 0.29) is 0 Å². The Morgan fingerprint density at radius 1 is 1.50 bits per heavy atom. The number of aromatic nitrogens is 1. The van der Waals surface area contributed by atoms with Gasteiger partial charge in [0.15, 0.2) is 5.13 Å². The van der Waals surface area contributed by atoms with Crippen LogP contribution in [-0.4, -0.2) is 36.1 Å². The molecule has 1 aromatic rings. The van der Waals surface area contributed by atoms with E-state index in [2.05, 4.69) is 15.2 Å². The first kappa shape index (κ1) is 9.89. The van der Waals surface area contributed by atoms with Crippen LogP contribution in [0, 0.1) is 0 Å². The van der Waals surface area contributed by atoms with Gasteiger partial charge in [-0.25, -0.2) is 4.98 Å². The summed E-state index contributed by atoms with van der Waals surface area (Å²) in [5, 5.41) is 6.11. The average Bonchev–Trinajstić information content (AvgIpc) is 2.43. The van der Waals surface area contributed by atoms with E-state index in [4.69, 9.17) is 5.73 Å². The van der Waals surface area contributed by atoms with Crippen molar-refractivity contribution < 1.29 is 0 Å². The van der Waals surface area contributed by atoms with E-state index in [0.717, 1.165) is 38.4 Å². The van der Waals surface area contributed by atoms with Gasteiger partial charge in [-0.3, -0.25) is 4.90 Å². The molecule has 0 amide bonds. The van der Waals surface area contributed by atoms with Crippen LogP contribution in [0.5, 0.6) is 0 Å². The monoisotopic (exact) mass is 212 g/mol. The summed E-state index contributed by atoms with van der Waals surface area (Å²) >= 11 is 1.52. The van der Waals surface area contributed by atoms with Crippen molar-refractivity contribution in [3.63, 3.8) is 0 Å². The van der Waals surface area contributed by atoms with Crippen LogP contribution in [0.25, 0.3) is 0 Å². The highest BCUT2D eigenvalue weighted by molar-refractivity contribution is 7.13. The molecule has 0 saturated carbocycles. The molecule has 0 unspecified atom stereocenters. The Bertz CT molecular complexity index is 278. The molecule has 0 atom stereocenters. The standard InChI is InChI=1S/C9H16N4S/c10-9-12-8(7-14-9)6-13-4-1-2-11-3-5-13/h7,11H,1-6H2,(H2,10,12). The second-order valence-electron chi connectivity index (χ2n) is 3.56. The molecule has 0 aliphatic carbocycles. The Morgan fingerprint density at radius 2 is 2.43 bits per heavy atom. The molecule has 14 heavy (non-hydrogen) atoms. The molecule has 1 aliphatic rings. The van der Waals surface area contributed by atoms with Crippen molar-refractivity contribution >= 4 is 16.5 Å². The van der Waals surface area contributed by atoms with Gasteiger partial charge < -0.3 is 11.1 Å². The first-order valence-electron chi connectivity index (χ1n) is 4.97. The third-order valence-corrected chi connectivity index (χ3v) is 3.11. The van der Waals surface area contributed by atoms with Gasteiger partial charge in [-0.05, 0) is 19.5 Å². The lowest BCUT2D eigenvalue weighted by atomic mass is 10.3. The van der Waals surface area contributed by atoms with Crippen molar-refractivity contribution in [2.24, 2.45) is 0 Å². The van der Waals surface area contributed by atoms with Crippen molar-refractivity contribution in [1.29, 1.82) is 0 Å². The molecule has 0 radical (unpaired) electrons. The topological polar surface area (TPSA) is 54.2 Å². The second kappa shape index (κ2) is 4.72. The molecule has 78 valence electrons. The van der Waals surface area contributed by atoms with Gasteiger partial charge in [-0.1, -0.05) is 0 Å².